The number of unbranched alkanes of at least 4 members (excludes halogenated alkanes) is 4. The Morgan fingerprint density at radius 1 is 1.17 bits per heavy atom. The number of nitrogens with zero attached hydrogens (tertiary/aromatic N) is 4. The Balaban J connectivity index is 1.66. The largest absolute Gasteiger partial charge is 0.383 e. The predicted molar refractivity (Wildman–Crippen MR) is 121 cm³/mol. The van der Waals surface area contributed by atoms with E-state index in [4.69, 9.17) is 5.73 Å². The molecule has 4 rings (SSSR count). The second kappa shape index (κ2) is 8.29. The van der Waals surface area contributed by atoms with E-state index in [-0.39, 0.29) is 5.56 Å². The minimum absolute atomic E-state index is 0.328. The maximum absolute atomic E-state index is 12.7. The van der Waals surface area contributed by atoms with Crippen molar-refractivity contribution in [1.29, 1.82) is 0 Å². The van der Waals surface area contributed by atoms with Gasteiger partial charge in [0.1, 0.15) is 10.8 Å². The summed E-state index contributed by atoms with van der Waals surface area (Å²) in [5.41, 5.74) is 10.1. The van der Waals surface area contributed by atoms with Crippen LogP contribution in [0.25, 0.3) is 16.6 Å². The molecule has 6 nitrogen and oxygen atoms in total. The van der Waals surface area contributed by atoms with Gasteiger partial charge < -0.3 is 5.73 Å². The zero-order valence-corrected chi connectivity index (χ0v) is 17.6. The van der Waals surface area contributed by atoms with Crippen LogP contribution in [-0.4, -0.2) is 20.3 Å². The number of fused-ring (bicyclic) bond motifs is 2. The Hall–Kier alpha value is -2.80. The standard InChI is InChI=1S/C22H25N5OS/c1-3-4-5-6-7-12-19-26-27-20(23)17(21(28)25-22(27)29-19)13-16-14(2)24-18-11-9-8-10-15(16)18/h8-11,13H,3-7,12,23H2,1-2H3/b16-13-. The van der Waals surface area contributed by atoms with Gasteiger partial charge in [0, 0.05) is 23.3 Å². The minimum atomic E-state index is -0.328. The van der Waals surface area contributed by atoms with Crippen molar-refractivity contribution in [3.63, 3.8) is 0 Å². The van der Waals surface area contributed by atoms with Gasteiger partial charge in [-0.1, -0.05) is 62.1 Å². The summed E-state index contributed by atoms with van der Waals surface area (Å²) in [5, 5.41) is 5.59. The molecule has 0 atom stereocenters. The lowest BCUT2D eigenvalue weighted by Gasteiger charge is -2.04. The number of hydrogen-bond acceptors (Lipinski definition) is 6. The third-order valence-corrected chi connectivity index (χ3v) is 6.16. The Morgan fingerprint density at radius 3 is 2.79 bits per heavy atom. The van der Waals surface area contributed by atoms with Gasteiger partial charge in [-0.2, -0.15) is 14.6 Å². The molecule has 0 aliphatic carbocycles. The zero-order valence-electron chi connectivity index (χ0n) is 16.8. The molecule has 0 bridgehead atoms. The van der Waals surface area contributed by atoms with Crippen LogP contribution in [0.3, 0.4) is 0 Å². The molecule has 2 N–H and O–H groups in total. The molecule has 1 aliphatic rings. The summed E-state index contributed by atoms with van der Waals surface area (Å²) >= 11 is 1.45. The molecule has 1 aliphatic heterocycles. The van der Waals surface area contributed by atoms with Crippen LogP contribution in [0.5, 0.6) is 0 Å². The van der Waals surface area contributed by atoms with E-state index >= 15 is 0 Å². The van der Waals surface area contributed by atoms with Gasteiger partial charge in [-0.05, 0) is 25.5 Å². The van der Waals surface area contributed by atoms with Crippen LogP contribution in [0.15, 0.2) is 34.1 Å². The van der Waals surface area contributed by atoms with Gasteiger partial charge in [0.2, 0.25) is 4.96 Å². The molecule has 7 heteroatoms. The average Bonchev–Trinajstić information content (AvgIpc) is 3.25. The van der Waals surface area contributed by atoms with E-state index in [1.165, 1.54) is 37.0 Å². The Kier molecular flexibility index (Phi) is 5.58. The highest BCUT2D eigenvalue weighted by Gasteiger charge is 2.20. The number of hydrogen-bond donors (Lipinski definition) is 1. The molecule has 3 heterocycles. The molecule has 3 aromatic rings. The number of aryl methyl sites for hydroxylation is 1. The van der Waals surface area contributed by atoms with Crippen molar-refractivity contribution in [1.82, 2.24) is 14.6 Å². The number of para-hydroxylation sites is 1. The van der Waals surface area contributed by atoms with E-state index in [9.17, 15) is 4.79 Å². The molecule has 0 radical (unpaired) electrons. The molecule has 0 saturated heterocycles. The van der Waals surface area contributed by atoms with E-state index in [2.05, 4.69) is 22.0 Å². The van der Waals surface area contributed by atoms with Gasteiger partial charge in [-0.15, -0.1) is 0 Å². The average molecular weight is 408 g/mol. The highest BCUT2D eigenvalue weighted by Crippen LogP contribution is 2.35. The van der Waals surface area contributed by atoms with E-state index in [0.717, 1.165) is 40.4 Å². The third kappa shape index (κ3) is 3.87. The van der Waals surface area contributed by atoms with Crippen molar-refractivity contribution >= 4 is 45.2 Å². The molecule has 0 fully saturated rings. The topological polar surface area (TPSA) is 85.6 Å². The Morgan fingerprint density at radius 2 is 1.97 bits per heavy atom. The first-order valence-corrected chi connectivity index (χ1v) is 10.9. The van der Waals surface area contributed by atoms with E-state index in [0.29, 0.717) is 16.3 Å². The number of aromatic nitrogens is 3. The maximum Gasteiger partial charge on any atom is 0.283 e. The van der Waals surface area contributed by atoms with Crippen LogP contribution in [0.2, 0.25) is 0 Å². The van der Waals surface area contributed by atoms with Gasteiger partial charge in [-0.3, -0.25) is 9.79 Å². The highest BCUT2D eigenvalue weighted by molar-refractivity contribution is 7.16. The fraction of sp³-hybridized carbons (Fsp3) is 0.364. The van der Waals surface area contributed by atoms with Crippen LogP contribution in [-0.2, 0) is 6.42 Å². The summed E-state index contributed by atoms with van der Waals surface area (Å²) in [4.78, 5) is 22.1. The van der Waals surface area contributed by atoms with Crippen molar-refractivity contribution in [2.45, 2.75) is 52.4 Å². The predicted octanol–water partition coefficient (Wildman–Crippen LogP) is 4.89. The maximum atomic E-state index is 12.7. The molecule has 0 unspecified atom stereocenters. The first-order valence-electron chi connectivity index (χ1n) is 10.1. The molecule has 0 saturated carbocycles. The van der Waals surface area contributed by atoms with Gasteiger partial charge >= 0.3 is 0 Å². The monoisotopic (exact) mass is 407 g/mol. The number of nitrogens with two attached hydrogens (primary N) is 1. The zero-order chi connectivity index (χ0) is 20.4. The number of aliphatic imine (C=N–C) groups is 1. The molecule has 0 amide bonds. The van der Waals surface area contributed by atoms with E-state index in [1.807, 2.05) is 31.2 Å². The molecule has 150 valence electrons. The quantitative estimate of drug-likeness (QED) is 0.565. The molecular formula is C22H25N5OS. The van der Waals surface area contributed by atoms with Crippen LogP contribution >= 0.6 is 11.3 Å². The van der Waals surface area contributed by atoms with Crippen LogP contribution in [0.4, 0.5) is 11.5 Å². The van der Waals surface area contributed by atoms with Crippen molar-refractivity contribution in [3.8, 4) is 0 Å². The SMILES string of the molecule is CCCCCCCc1nn2c(N)c(/C=C3/C(C)=Nc4ccccc43)c(=O)nc2s1. The summed E-state index contributed by atoms with van der Waals surface area (Å²) < 4.78 is 1.60. The third-order valence-electron chi connectivity index (χ3n) is 5.19. The molecular weight excluding hydrogens is 382 g/mol. The summed E-state index contributed by atoms with van der Waals surface area (Å²) in [5.74, 6) is 0.332. The van der Waals surface area contributed by atoms with Crippen molar-refractivity contribution in [3.05, 3.63) is 50.8 Å². The lowest BCUT2D eigenvalue weighted by Crippen LogP contribution is -2.17. The summed E-state index contributed by atoms with van der Waals surface area (Å²) in [6.45, 7) is 4.15. The van der Waals surface area contributed by atoms with E-state index in [1.54, 1.807) is 10.6 Å². The number of benzene rings is 1. The second-order valence-corrected chi connectivity index (χ2v) is 8.38. The summed E-state index contributed by atoms with van der Waals surface area (Å²) in [6, 6.07) is 7.88. The van der Waals surface area contributed by atoms with Crippen molar-refractivity contribution in [2.75, 3.05) is 5.73 Å². The lowest BCUT2D eigenvalue weighted by atomic mass is 10.0. The van der Waals surface area contributed by atoms with Gasteiger partial charge in [-0.25, -0.2) is 0 Å². The van der Waals surface area contributed by atoms with E-state index < -0.39 is 0 Å². The fourth-order valence-corrected chi connectivity index (χ4v) is 4.53. The fourth-order valence-electron chi connectivity index (χ4n) is 3.60. The Labute approximate surface area is 173 Å². The minimum Gasteiger partial charge on any atom is -0.383 e. The van der Waals surface area contributed by atoms with Crippen LogP contribution < -0.4 is 11.3 Å². The Bertz CT molecular complexity index is 1170. The highest BCUT2D eigenvalue weighted by atomic mass is 32.1. The van der Waals surface area contributed by atoms with Crippen molar-refractivity contribution in [2.24, 2.45) is 4.99 Å². The molecule has 2 aromatic heterocycles. The van der Waals surface area contributed by atoms with Gasteiger partial charge in [0.25, 0.3) is 5.56 Å². The smallest absolute Gasteiger partial charge is 0.283 e. The lowest BCUT2D eigenvalue weighted by molar-refractivity contribution is 0.629. The second-order valence-electron chi connectivity index (χ2n) is 7.34. The van der Waals surface area contributed by atoms with Crippen LogP contribution in [0, 0.1) is 0 Å². The van der Waals surface area contributed by atoms with Crippen LogP contribution in [0.1, 0.15) is 62.1 Å². The van der Waals surface area contributed by atoms with Gasteiger partial charge in [0.05, 0.1) is 11.3 Å². The number of allylic oxidation sites excluding steroid dienone is 1. The molecule has 0 spiro atoms. The number of anilines is 1. The number of rotatable bonds is 7. The molecule has 1 aromatic carbocycles. The normalized spacial score (nSPS) is 14.6. The first-order chi connectivity index (χ1) is 14.1. The molecule has 29 heavy (non-hydrogen) atoms. The first kappa shape index (κ1) is 19.5. The van der Waals surface area contributed by atoms with Gasteiger partial charge in [0.15, 0.2) is 0 Å². The van der Waals surface area contributed by atoms with Crippen molar-refractivity contribution < 1.29 is 0 Å². The summed E-state index contributed by atoms with van der Waals surface area (Å²) in [6.07, 6.45) is 8.72. The summed E-state index contributed by atoms with van der Waals surface area (Å²) in [7, 11) is 0. The number of nitrogen functional groups attached to an aromatic ring is 1.